The molecular weight excluding hydrogens is 283 g/mol. The maximum atomic E-state index is 13.3. The first-order valence-electron chi connectivity index (χ1n) is 6.80. The van der Waals surface area contributed by atoms with Gasteiger partial charge in [0.2, 0.25) is 0 Å². The lowest BCUT2D eigenvalue weighted by Crippen LogP contribution is -2.31. The predicted molar refractivity (Wildman–Crippen MR) is 84.4 cm³/mol. The van der Waals surface area contributed by atoms with Gasteiger partial charge in [0.15, 0.2) is 0 Å². The molecule has 0 atom stereocenters. The van der Waals surface area contributed by atoms with Crippen molar-refractivity contribution in [2.75, 3.05) is 7.05 Å². The summed E-state index contributed by atoms with van der Waals surface area (Å²) in [5.41, 5.74) is 1.62. The summed E-state index contributed by atoms with van der Waals surface area (Å²) in [6.45, 7) is 5.58. The van der Waals surface area contributed by atoms with Gasteiger partial charge in [-0.05, 0) is 35.7 Å². The second kappa shape index (κ2) is 6.39. The van der Waals surface area contributed by atoms with E-state index >= 15 is 0 Å². The number of hydrogen-bond donors (Lipinski definition) is 1. The number of pyridine rings is 1. The van der Waals surface area contributed by atoms with Gasteiger partial charge < -0.3 is 9.88 Å². The van der Waals surface area contributed by atoms with Crippen molar-refractivity contribution in [1.82, 2.24) is 9.88 Å². The minimum Gasteiger partial charge on any atom is -0.355 e. The van der Waals surface area contributed by atoms with E-state index < -0.39 is 11.5 Å². The second-order valence-corrected chi connectivity index (χ2v) is 4.99. The van der Waals surface area contributed by atoms with Gasteiger partial charge in [-0.2, -0.15) is 0 Å². The van der Waals surface area contributed by atoms with E-state index in [0.29, 0.717) is 11.1 Å². The van der Waals surface area contributed by atoms with E-state index in [-0.39, 0.29) is 17.9 Å². The number of aryl methyl sites for hydroxylation is 1. The molecule has 0 spiro atoms. The molecule has 0 aliphatic rings. The van der Waals surface area contributed by atoms with Gasteiger partial charge in [-0.3, -0.25) is 9.59 Å². The van der Waals surface area contributed by atoms with E-state index in [1.165, 1.54) is 23.7 Å². The van der Waals surface area contributed by atoms with E-state index in [0.717, 1.165) is 5.56 Å². The lowest BCUT2D eigenvalue weighted by molar-refractivity contribution is 0.0961. The van der Waals surface area contributed by atoms with Crippen molar-refractivity contribution in [3.63, 3.8) is 0 Å². The Labute approximate surface area is 127 Å². The topological polar surface area (TPSA) is 51.1 Å². The average molecular weight is 300 g/mol. The van der Waals surface area contributed by atoms with Crippen LogP contribution in [-0.4, -0.2) is 17.5 Å². The highest BCUT2D eigenvalue weighted by Crippen LogP contribution is 2.11. The van der Waals surface area contributed by atoms with Gasteiger partial charge in [-0.15, -0.1) is 0 Å². The summed E-state index contributed by atoms with van der Waals surface area (Å²) in [7, 11) is 1.47. The zero-order valence-corrected chi connectivity index (χ0v) is 12.5. The first kappa shape index (κ1) is 15.7. The molecule has 5 heteroatoms. The molecule has 0 saturated heterocycles. The Kier molecular flexibility index (Phi) is 4.56. The van der Waals surface area contributed by atoms with Crippen LogP contribution in [0.25, 0.3) is 6.08 Å². The highest BCUT2D eigenvalue weighted by Gasteiger charge is 2.12. The number of carbonyl (C=O) groups excluding carboxylic acids is 1. The molecule has 1 N–H and O–H groups in total. The van der Waals surface area contributed by atoms with Crippen LogP contribution in [0, 0.1) is 12.7 Å². The molecule has 1 aromatic carbocycles. The summed E-state index contributed by atoms with van der Waals surface area (Å²) in [6, 6.07) is 6.17. The monoisotopic (exact) mass is 300 g/mol. The van der Waals surface area contributed by atoms with Crippen LogP contribution in [0.2, 0.25) is 0 Å². The van der Waals surface area contributed by atoms with Crippen LogP contribution in [-0.2, 0) is 6.54 Å². The fourth-order valence-corrected chi connectivity index (χ4v) is 2.19. The van der Waals surface area contributed by atoms with Gasteiger partial charge in [-0.25, -0.2) is 4.39 Å². The normalized spacial score (nSPS) is 10.3. The van der Waals surface area contributed by atoms with Gasteiger partial charge in [0.25, 0.3) is 11.5 Å². The number of aromatic nitrogens is 1. The highest BCUT2D eigenvalue weighted by molar-refractivity contribution is 5.94. The third-order valence-corrected chi connectivity index (χ3v) is 3.39. The quantitative estimate of drug-likeness (QED) is 0.942. The fraction of sp³-hybridized carbons (Fsp3) is 0.176. The van der Waals surface area contributed by atoms with Crippen LogP contribution >= 0.6 is 0 Å². The average Bonchev–Trinajstić information content (AvgIpc) is 2.52. The van der Waals surface area contributed by atoms with Crippen LogP contribution in [0.15, 0.2) is 41.8 Å². The molecule has 1 heterocycles. The molecule has 4 nitrogen and oxygen atoms in total. The molecule has 0 aliphatic heterocycles. The Bertz CT molecular complexity index is 794. The van der Waals surface area contributed by atoms with Crippen molar-refractivity contribution in [2.24, 2.45) is 0 Å². The number of nitrogens with zero attached hydrogens (tertiary/aromatic N) is 1. The van der Waals surface area contributed by atoms with E-state index in [9.17, 15) is 14.0 Å². The molecule has 2 rings (SSSR count). The molecule has 114 valence electrons. The van der Waals surface area contributed by atoms with Crippen molar-refractivity contribution < 1.29 is 9.18 Å². The van der Waals surface area contributed by atoms with E-state index in [1.807, 2.05) is 0 Å². The molecule has 0 fully saturated rings. The molecular formula is C17H17FN2O2. The predicted octanol–water partition coefficient (Wildman–Crippen LogP) is 2.35. The van der Waals surface area contributed by atoms with Crippen LogP contribution in [0.5, 0.6) is 0 Å². The minimum atomic E-state index is -0.447. The number of hydrogen-bond acceptors (Lipinski definition) is 2. The first-order chi connectivity index (χ1) is 10.5. The maximum absolute atomic E-state index is 13.3. The summed E-state index contributed by atoms with van der Waals surface area (Å²) >= 11 is 0. The second-order valence-electron chi connectivity index (χ2n) is 4.99. The Morgan fingerprint density at radius 3 is 2.73 bits per heavy atom. The number of benzene rings is 1. The molecule has 2 aromatic rings. The van der Waals surface area contributed by atoms with Gasteiger partial charge in [0.1, 0.15) is 11.4 Å². The first-order valence-corrected chi connectivity index (χ1v) is 6.80. The highest BCUT2D eigenvalue weighted by atomic mass is 19.1. The zero-order valence-electron chi connectivity index (χ0n) is 12.5. The molecule has 1 aromatic heterocycles. The summed E-state index contributed by atoms with van der Waals surface area (Å²) in [5.74, 6) is -0.736. The van der Waals surface area contributed by atoms with E-state index in [4.69, 9.17) is 0 Å². The van der Waals surface area contributed by atoms with E-state index in [2.05, 4.69) is 11.9 Å². The van der Waals surface area contributed by atoms with Crippen molar-refractivity contribution in [1.29, 1.82) is 0 Å². The molecule has 22 heavy (non-hydrogen) atoms. The smallest absolute Gasteiger partial charge is 0.263 e. The van der Waals surface area contributed by atoms with Crippen LogP contribution in [0.1, 0.15) is 27.0 Å². The Balaban J connectivity index is 2.50. The standard InChI is InChI=1S/C17H17FN2O2/c1-4-12-8-14(16(21)19-3)17(22)20(9-12)10-13-5-6-15(18)11(2)7-13/h4-9H,1,10H2,2-3H3,(H,19,21). The van der Waals surface area contributed by atoms with E-state index in [1.54, 1.807) is 31.3 Å². The van der Waals surface area contributed by atoms with Crippen molar-refractivity contribution >= 4 is 12.0 Å². The Morgan fingerprint density at radius 1 is 1.41 bits per heavy atom. The minimum absolute atomic E-state index is 0.0544. The number of nitrogens with one attached hydrogen (secondary N) is 1. The number of rotatable bonds is 4. The molecule has 0 aliphatic carbocycles. The largest absolute Gasteiger partial charge is 0.355 e. The van der Waals surface area contributed by atoms with Crippen molar-refractivity contribution in [3.8, 4) is 0 Å². The molecule has 0 saturated carbocycles. The summed E-state index contributed by atoms with van der Waals surface area (Å²) in [6.07, 6.45) is 3.19. The summed E-state index contributed by atoms with van der Waals surface area (Å²) in [5, 5.41) is 2.44. The molecule has 0 bridgehead atoms. The SMILES string of the molecule is C=Cc1cc(C(=O)NC)c(=O)n(Cc2ccc(F)c(C)c2)c1. The van der Waals surface area contributed by atoms with Gasteiger partial charge in [0, 0.05) is 13.2 Å². The summed E-state index contributed by atoms with van der Waals surface area (Å²) < 4.78 is 14.7. The molecule has 0 radical (unpaired) electrons. The molecule has 1 amide bonds. The van der Waals surface area contributed by atoms with Crippen molar-refractivity contribution in [3.05, 3.63) is 75.5 Å². The molecule has 0 unspecified atom stereocenters. The number of halogens is 1. The van der Waals surface area contributed by atoms with Crippen LogP contribution < -0.4 is 10.9 Å². The lowest BCUT2D eigenvalue weighted by atomic mass is 10.1. The Morgan fingerprint density at radius 2 is 2.14 bits per heavy atom. The number of carbonyl (C=O) groups is 1. The third kappa shape index (κ3) is 3.14. The summed E-state index contributed by atoms with van der Waals surface area (Å²) in [4.78, 5) is 24.2. The van der Waals surface area contributed by atoms with Gasteiger partial charge in [-0.1, -0.05) is 24.8 Å². The fourth-order valence-electron chi connectivity index (χ4n) is 2.19. The third-order valence-electron chi connectivity index (χ3n) is 3.39. The maximum Gasteiger partial charge on any atom is 0.263 e. The lowest BCUT2D eigenvalue weighted by Gasteiger charge is -2.10. The zero-order chi connectivity index (χ0) is 16.3. The van der Waals surface area contributed by atoms with Crippen molar-refractivity contribution in [2.45, 2.75) is 13.5 Å². The number of amides is 1. The van der Waals surface area contributed by atoms with Crippen LogP contribution in [0.4, 0.5) is 4.39 Å². The van der Waals surface area contributed by atoms with Gasteiger partial charge in [0.05, 0.1) is 6.54 Å². The van der Waals surface area contributed by atoms with Gasteiger partial charge >= 0.3 is 0 Å². The van der Waals surface area contributed by atoms with Crippen LogP contribution in [0.3, 0.4) is 0 Å². The Hall–Kier alpha value is -2.69.